The zero-order chi connectivity index (χ0) is 12.6. The van der Waals surface area contributed by atoms with Gasteiger partial charge in [0.25, 0.3) is 0 Å². The average Bonchev–Trinajstić information content (AvgIpc) is 2.77. The minimum absolute atomic E-state index is 0.155. The Balaban J connectivity index is 1.64. The van der Waals surface area contributed by atoms with Gasteiger partial charge < -0.3 is 4.74 Å². The van der Waals surface area contributed by atoms with E-state index >= 15 is 0 Å². The second-order valence-corrected chi connectivity index (χ2v) is 5.81. The molecule has 2 fully saturated rings. The number of hydrogen-bond acceptors (Lipinski definition) is 3. The molecule has 2 bridgehead atoms. The van der Waals surface area contributed by atoms with E-state index in [1.807, 2.05) is 19.9 Å². The van der Waals surface area contributed by atoms with Crippen LogP contribution in [0.15, 0.2) is 30.3 Å². The van der Waals surface area contributed by atoms with Gasteiger partial charge in [-0.2, -0.15) is 0 Å². The van der Waals surface area contributed by atoms with Gasteiger partial charge in [0.2, 0.25) is 5.79 Å². The Bertz CT molecular complexity index is 415. The zero-order valence-electron chi connectivity index (χ0n) is 11.0. The molecular weight excluding hydrogens is 228 g/mol. The number of fused-ring (bicyclic) bond motifs is 2. The molecule has 18 heavy (non-hydrogen) atoms. The highest BCUT2D eigenvalue weighted by Crippen LogP contribution is 2.45. The first kappa shape index (κ1) is 12.2. The SMILES string of the molecule is CC1(C)OO[C@]2(CCc3ccccc3)CC[C@@H]1O2. The molecule has 0 aliphatic carbocycles. The summed E-state index contributed by atoms with van der Waals surface area (Å²) in [7, 11) is 0. The Hall–Kier alpha value is -0.900. The largest absolute Gasteiger partial charge is 0.341 e. The van der Waals surface area contributed by atoms with E-state index in [9.17, 15) is 0 Å². The highest BCUT2D eigenvalue weighted by molar-refractivity contribution is 5.15. The number of aryl methyl sites for hydroxylation is 1. The molecule has 98 valence electrons. The maximum absolute atomic E-state index is 6.07. The van der Waals surface area contributed by atoms with Gasteiger partial charge in [-0.1, -0.05) is 30.3 Å². The van der Waals surface area contributed by atoms with Crippen LogP contribution in [0.3, 0.4) is 0 Å². The fourth-order valence-corrected chi connectivity index (χ4v) is 2.72. The molecule has 3 heteroatoms. The molecule has 1 aromatic carbocycles. The third kappa shape index (κ3) is 2.18. The van der Waals surface area contributed by atoms with Crippen LogP contribution in [0.4, 0.5) is 0 Å². The van der Waals surface area contributed by atoms with Crippen molar-refractivity contribution >= 4 is 0 Å². The van der Waals surface area contributed by atoms with Crippen molar-refractivity contribution in [2.24, 2.45) is 0 Å². The van der Waals surface area contributed by atoms with E-state index < -0.39 is 5.79 Å². The predicted octanol–water partition coefficient (Wildman–Crippen LogP) is 3.23. The van der Waals surface area contributed by atoms with Gasteiger partial charge in [-0.15, -0.1) is 0 Å². The van der Waals surface area contributed by atoms with Crippen molar-refractivity contribution in [1.82, 2.24) is 0 Å². The molecule has 2 atom stereocenters. The molecule has 3 rings (SSSR count). The van der Waals surface area contributed by atoms with Crippen molar-refractivity contribution in [2.45, 2.75) is 57.0 Å². The Morgan fingerprint density at radius 1 is 1.17 bits per heavy atom. The fourth-order valence-electron chi connectivity index (χ4n) is 2.72. The number of benzene rings is 1. The molecular formula is C15H20O3. The van der Waals surface area contributed by atoms with E-state index in [2.05, 4.69) is 24.3 Å². The van der Waals surface area contributed by atoms with Crippen LogP contribution in [0.1, 0.15) is 38.7 Å². The summed E-state index contributed by atoms with van der Waals surface area (Å²) in [5, 5.41) is 0. The van der Waals surface area contributed by atoms with Gasteiger partial charge in [0.1, 0.15) is 5.60 Å². The Morgan fingerprint density at radius 3 is 2.72 bits per heavy atom. The fraction of sp³-hybridized carbons (Fsp3) is 0.600. The first-order valence-electron chi connectivity index (χ1n) is 6.68. The molecule has 2 aliphatic rings. The van der Waals surface area contributed by atoms with Gasteiger partial charge >= 0.3 is 0 Å². The molecule has 0 N–H and O–H groups in total. The quantitative estimate of drug-likeness (QED) is 0.769. The van der Waals surface area contributed by atoms with Crippen molar-refractivity contribution in [3.63, 3.8) is 0 Å². The summed E-state index contributed by atoms with van der Waals surface area (Å²) >= 11 is 0. The van der Waals surface area contributed by atoms with Crippen LogP contribution in [0.2, 0.25) is 0 Å². The number of hydrogen-bond donors (Lipinski definition) is 0. The second-order valence-electron chi connectivity index (χ2n) is 5.81. The molecule has 3 nitrogen and oxygen atoms in total. The van der Waals surface area contributed by atoms with Crippen molar-refractivity contribution < 1.29 is 14.5 Å². The van der Waals surface area contributed by atoms with Crippen LogP contribution < -0.4 is 0 Å². The lowest BCUT2D eigenvalue weighted by Crippen LogP contribution is -2.49. The highest BCUT2D eigenvalue weighted by Gasteiger charge is 2.53. The summed E-state index contributed by atoms with van der Waals surface area (Å²) in [4.78, 5) is 11.1. The van der Waals surface area contributed by atoms with E-state index in [1.54, 1.807) is 0 Å². The monoisotopic (exact) mass is 248 g/mol. The van der Waals surface area contributed by atoms with Crippen LogP contribution in [-0.2, 0) is 20.9 Å². The molecule has 2 saturated heterocycles. The summed E-state index contributed by atoms with van der Waals surface area (Å²) in [5.74, 6) is -0.518. The molecule has 0 unspecified atom stereocenters. The van der Waals surface area contributed by atoms with Gasteiger partial charge in [0.15, 0.2) is 0 Å². The van der Waals surface area contributed by atoms with Gasteiger partial charge in [0, 0.05) is 12.8 Å². The average molecular weight is 248 g/mol. The zero-order valence-corrected chi connectivity index (χ0v) is 11.0. The van der Waals surface area contributed by atoms with Gasteiger partial charge in [0.05, 0.1) is 6.10 Å². The van der Waals surface area contributed by atoms with Crippen molar-refractivity contribution in [1.29, 1.82) is 0 Å². The molecule has 0 aromatic heterocycles. The maximum atomic E-state index is 6.07. The first-order chi connectivity index (χ1) is 8.60. The summed E-state index contributed by atoms with van der Waals surface area (Å²) in [6.07, 6.45) is 3.90. The minimum atomic E-state index is -0.518. The lowest BCUT2D eigenvalue weighted by molar-refractivity contribution is -0.506. The summed E-state index contributed by atoms with van der Waals surface area (Å²) < 4.78 is 6.07. The maximum Gasteiger partial charge on any atom is 0.202 e. The van der Waals surface area contributed by atoms with E-state index in [0.717, 1.165) is 25.7 Å². The predicted molar refractivity (Wildman–Crippen MR) is 67.9 cm³/mol. The Morgan fingerprint density at radius 2 is 1.94 bits per heavy atom. The normalized spacial score (nSPS) is 33.6. The smallest absolute Gasteiger partial charge is 0.202 e. The highest BCUT2D eigenvalue weighted by atomic mass is 17.3. The second kappa shape index (κ2) is 4.34. The molecule has 0 amide bonds. The van der Waals surface area contributed by atoms with E-state index in [-0.39, 0.29) is 11.7 Å². The lowest BCUT2D eigenvalue weighted by Gasteiger charge is -2.40. The summed E-state index contributed by atoms with van der Waals surface area (Å²) in [6.45, 7) is 4.04. The molecule has 0 spiro atoms. The van der Waals surface area contributed by atoms with E-state index in [1.165, 1.54) is 5.56 Å². The number of ether oxygens (including phenoxy) is 1. The van der Waals surface area contributed by atoms with E-state index in [4.69, 9.17) is 14.5 Å². The van der Waals surface area contributed by atoms with Gasteiger partial charge in [-0.05, 0) is 32.3 Å². The van der Waals surface area contributed by atoms with Crippen LogP contribution >= 0.6 is 0 Å². The lowest BCUT2D eigenvalue weighted by atomic mass is 9.98. The van der Waals surface area contributed by atoms with Crippen LogP contribution in [-0.4, -0.2) is 17.5 Å². The van der Waals surface area contributed by atoms with Crippen molar-refractivity contribution in [3.8, 4) is 0 Å². The number of rotatable bonds is 3. The van der Waals surface area contributed by atoms with Gasteiger partial charge in [-0.3, -0.25) is 0 Å². The third-order valence-corrected chi connectivity index (χ3v) is 3.97. The molecule has 2 aliphatic heterocycles. The first-order valence-corrected chi connectivity index (χ1v) is 6.68. The van der Waals surface area contributed by atoms with Crippen molar-refractivity contribution in [2.75, 3.05) is 0 Å². The third-order valence-electron chi connectivity index (χ3n) is 3.97. The topological polar surface area (TPSA) is 27.7 Å². The Kier molecular flexibility index (Phi) is 2.93. The molecule has 2 heterocycles. The Labute approximate surface area is 108 Å². The van der Waals surface area contributed by atoms with Crippen LogP contribution in [0, 0.1) is 0 Å². The molecule has 1 aromatic rings. The standard InChI is InChI=1S/C15H20O3/c1-14(2)13-9-11-15(16-13,18-17-14)10-8-12-6-4-3-5-7-12/h3-7,13H,8-11H2,1-2H3/t13-,15+/m0/s1. The molecule has 0 saturated carbocycles. The minimum Gasteiger partial charge on any atom is -0.341 e. The molecule has 0 radical (unpaired) electrons. The van der Waals surface area contributed by atoms with Crippen LogP contribution in [0.5, 0.6) is 0 Å². The van der Waals surface area contributed by atoms with Crippen molar-refractivity contribution in [3.05, 3.63) is 35.9 Å². The van der Waals surface area contributed by atoms with E-state index in [0.29, 0.717) is 0 Å². The summed E-state index contributed by atoms with van der Waals surface area (Å²) in [5.41, 5.74) is 0.986. The van der Waals surface area contributed by atoms with Crippen LogP contribution in [0.25, 0.3) is 0 Å². The summed E-state index contributed by atoms with van der Waals surface area (Å²) in [6, 6.07) is 10.4. The van der Waals surface area contributed by atoms with Gasteiger partial charge in [-0.25, -0.2) is 9.78 Å².